The number of halogens is 1. The van der Waals surface area contributed by atoms with Gasteiger partial charge in [-0.25, -0.2) is 4.39 Å². The van der Waals surface area contributed by atoms with Gasteiger partial charge in [-0.15, -0.1) is 0 Å². The monoisotopic (exact) mass is 279 g/mol. The summed E-state index contributed by atoms with van der Waals surface area (Å²) < 4.78 is 13.8. The summed E-state index contributed by atoms with van der Waals surface area (Å²) >= 11 is 0. The largest absolute Gasteiger partial charge is 0.329 e. The highest BCUT2D eigenvalue weighted by Gasteiger charge is 2.39. The van der Waals surface area contributed by atoms with E-state index < -0.39 is 0 Å². The van der Waals surface area contributed by atoms with Crippen LogP contribution in [-0.4, -0.2) is 48.6 Å². The summed E-state index contributed by atoms with van der Waals surface area (Å²) in [4.78, 5) is 4.61. The van der Waals surface area contributed by atoms with E-state index >= 15 is 0 Å². The Kier molecular flexibility index (Phi) is 4.78. The van der Waals surface area contributed by atoms with Crippen molar-refractivity contribution in [1.82, 2.24) is 9.80 Å². The van der Waals surface area contributed by atoms with Crippen molar-refractivity contribution in [2.24, 2.45) is 5.73 Å². The predicted octanol–water partition coefficient (Wildman–Crippen LogP) is 2.07. The quantitative estimate of drug-likeness (QED) is 0.916. The molecule has 1 aromatic rings. The summed E-state index contributed by atoms with van der Waals surface area (Å²) in [5.74, 6) is -0.132. The number of nitrogens with two attached hydrogens (primary N) is 1. The molecule has 0 amide bonds. The Hall–Kier alpha value is -0.970. The number of hydrogen-bond acceptors (Lipinski definition) is 3. The number of nitrogens with zero attached hydrogens (tertiary/aromatic N) is 2. The average Bonchev–Trinajstić information content (AvgIpc) is 2.44. The van der Waals surface area contributed by atoms with Crippen molar-refractivity contribution in [2.75, 3.05) is 27.2 Å². The number of hydrogen-bond donors (Lipinski definition) is 1. The van der Waals surface area contributed by atoms with E-state index in [9.17, 15) is 4.39 Å². The van der Waals surface area contributed by atoms with E-state index in [4.69, 9.17) is 5.73 Å². The van der Waals surface area contributed by atoms with E-state index in [2.05, 4.69) is 30.8 Å². The lowest BCUT2D eigenvalue weighted by molar-refractivity contribution is 0.0216. The standard InChI is InChI=1S/C16H26FN3/c1-13-10-16(12-18,8-9-19(13)2)20(3)11-14-6-4-5-7-15(14)17/h4-7,13H,8-12,18H2,1-3H3. The molecule has 0 spiro atoms. The van der Waals surface area contributed by atoms with Crippen molar-refractivity contribution in [3.63, 3.8) is 0 Å². The highest BCUT2D eigenvalue weighted by molar-refractivity contribution is 5.17. The molecule has 1 aromatic carbocycles. The first kappa shape index (κ1) is 15.4. The van der Waals surface area contributed by atoms with Gasteiger partial charge < -0.3 is 10.6 Å². The van der Waals surface area contributed by atoms with Crippen molar-refractivity contribution >= 4 is 0 Å². The molecule has 2 unspecified atom stereocenters. The van der Waals surface area contributed by atoms with Gasteiger partial charge in [0, 0.05) is 30.2 Å². The van der Waals surface area contributed by atoms with Crippen LogP contribution in [0.25, 0.3) is 0 Å². The van der Waals surface area contributed by atoms with Crippen LogP contribution >= 0.6 is 0 Å². The summed E-state index contributed by atoms with van der Waals surface area (Å²) in [6, 6.07) is 7.51. The summed E-state index contributed by atoms with van der Waals surface area (Å²) in [5, 5.41) is 0. The molecular weight excluding hydrogens is 253 g/mol. The first-order valence-corrected chi connectivity index (χ1v) is 7.33. The van der Waals surface area contributed by atoms with Crippen LogP contribution in [0.1, 0.15) is 25.3 Å². The Morgan fingerprint density at radius 1 is 1.45 bits per heavy atom. The number of benzene rings is 1. The molecular formula is C16H26FN3. The summed E-state index contributed by atoms with van der Waals surface area (Å²) in [5.41, 5.74) is 6.81. The van der Waals surface area contributed by atoms with Crippen LogP contribution in [0.2, 0.25) is 0 Å². The maximum Gasteiger partial charge on any atom is 0.127 e. The van der Waals surface area contributed by atoms with Gasteiger partial charge in [0.1, 0.15) is 5.82 Å². The normalized spacial score (nSPS) is 28.0. The maximum atomic E-state index is 13.8. The van der Waals surface area contributed by atoms with E-state index in [1.54, 1.807) is 6.07 Å². The lowest BCUT2D eigenvalue weighted by atomic mass is 9.82. The van der Waals surface area contributed by atoms with E-state index in [-0.39, 0.29) is 11.4 Å². The smallest absolute Gasteiger partial charge is 0.127 e. The van der Waals surface area contributed by atoms with Crippen molar-refractivity contribution in [1.29, 1.82) is 0 Å². The van der Waals surface area contributed by atoms with Gasteiger partial charge in [0.25, 0.3) is 0 Å². The maximum absolute atomic E-state index is 13.8. The minimum atomic E-state index is -0.132. The molecule has 2 atom stereocenters. The zero-order chi connectivity index (χ0) is 14.8. The molecule has 0 bridgehead atoms. The van der Waals surface area contributed by atoms with Crippen LogP contribution in [-0.2, 0) is 6.54 Å². The summed E-state index contributed by atoms with van der Waals surface area (Å²) in [7, 11) is 4.22. The van der Waals surface area contributed by atoms with E-state index in [0.29, 0.717) is 19.1 Å². The highest BCUT2D eigenvalue weighted by atomic mass is 19.1. The van der Waals surface area contributed by atoms with Gasteiger partial charge in [0.15, 0.2) is 0 Å². The van der Waals surface area contributed by atoms with Gasteiger partial charge in [0.2, 0.25) is 0 Å². The number of piperidine rings is 1. The molecule has 0 saturated carbocycles. The van der Waals surface area contributed by atoms with Crippen molar-refractivity contribution in [3.8, 4) is 0 Å². The number of likely N-dealkylation sites (tertiary alicyclic amines) is 1. The van der Waals surface area contributed by atoms with E-state index in [1.165, 1.54) is 6.07 Å². The van der Waals surface area contributed by atoms with Gasteiger partial charge in [-0.2, -0.15) is 0 Å². The molecule has 1 aliphatic rings. The van der Waals surface area contributed by atoms with Gasteiger partial charge >= 0.3 is 0 Å². The Morgan fingerprint density at radius 3 is 2.75 bits per heavy atom. The number of rotatable bonds is 4. The minimum Gasteiger partial charge on any atom is -0.329 e. The summed E-state index contributed by atoms with van der Waals surface area (Å²) in [6.07, 6.45) is 2.07. The van der Waals surface area contributed by atoms with Gasteiger partial charge in [-0.1, -0.05) is 18.2 Å². The third-order valence-electron chi connectivity index (χ3n) is 4.91. The first-order valence-electron chi connectivity index (χ1n) is 7.33. The molecule has 1 saturated heterocycles. The van der Waals surface area contributed by atoms with E-state index in [1.807, 2.05) is 12.1 Å². The highest BCUT2D eigenvalue weighted by Crippen LogP contribution is 2.31. The fourth-order valence-corrected chi connectivity index (χ4v) is 3.15. The predicted molar refractivity (Wildman–Crippen MR) is 81.0 cm³/mol. The van der Waals surface area contributed by atoms with Crippen LogP contribution in [0, 0.1) is 5.82 Å². The zero-order valence-electron chi connectivity index (χ0n) is 12.8. The van der Waals surface area contributed by atoms with E-state index in [0.717, 1.165) is 24.9 Å². The SMILES string of the molecule is CC1CC(CN)(N(C)Cc2ccccc2F)CCN1C. The van der Waals surface area contributed by atoms with Crippen LogP contribution < -0.4 is 5.73 Å². The van der Waals surface area contributed by atoms with Crippen molar-refractivity contribution < 1.29 is 4.39 Å². The second-order valence-electron chi connectivity index (χ2n) is 6.16. The molecule has 1 heterocycles. The molecule has 2 rings (SSSR count). The topological polar surface area (TPSA) is 32.5 Å². The van der Waals surface area contributed by atoms with Crippen LogP contribution in [0.3, 0.4) is 0 Å². The number of likely N-dealkylation sites (N-methyl/N-ethyl adjacent to an activating group) is 1. The molecule has 1 aliphatic heterocycles. The minimum absolute atomic E-state index is 0.0196. The molecule has 3 nitrogen and oxygen atoms in total. The molecule has 1 fully saturated rings. The van der Waals surface area contributed by atoms with Crippen LogP contribution in [0.15, 0.2) is 24.3 Å². The first-order chi connectivity index (χ1) is 9.48. The van der Waals surface area contributed by atoms with Crippen molar-refractivity contribution in [3.05, 3.63) is 35.6 Å². The van der Waals surface area contributed by atoms with Crippen LogP contribution in [0.5, 0.6) is 0 Å². The molecule has 4 heteroatoms. The molecule has 0 radical (unpaired) electrons. The third-order valence-corrected chi connectivity index (χ3v) is 4.91. The molecule has 112 valence electrons. The fourth-order valence-electron chi connectivity index (χ4n) is 3.15. The van der Waals surface area contributed by atoms with Gasteiger partial charge in [-0.05, 0) is 46.5 Å². The summed E-state index contributed by atoms with van der Waals surface area (Å²) in [6.45, 7) is 4.51. The Bertz CT molecular complexity index is 451. The second kappa shape index (κ2) is 6.20. The lowest BCUT2D eigenvalue weighted by Gasteiger charge is -2.49. The van der Waals surface area contributed by atoms with Crippen molar-refractivity contribution in [2.45, 2.75) is 37.9 Å². The second-order valence-corrected chi connectivity index (χ2v) is 6.16. The fraction of sp³-hybridized carbons (Fsp3) is 0.625. The molecule has 0 aromatic heterocycles. The average molecular weight is 279 g/mol. The zero-order valence-corrected chi connectivity index (χ0v) is 12.8. The Balaban J connectivity index is 2.13. The Morgan fingerprint density at radius 2 is 2.15 bits per heavy atom. The Labute approximate surface area is 121 Å². The third kappa shape index (κ3) is 3.03. The molecule has 20 heavy (non-hydrogen) atoms. The molecule has 2 N–H and O–H groups in total. The molecule has 0 aliphatic carbocycles. The van der Waals surface area contributed by atoms with Gasteiger partial charge in [0.05, 0.1) is 0 Å². The lowest BCUT2D eigenvalue weighted by Crippen LogP contribution is -2.59. The van der Waals surface area contributed by atoms with Gasteiger partial charge in [-0.3, -0.25) is 4.90 Å². The van der Waals surface area contributed by atoms with Crippen LogP contribution in [0.4, 0.5) is 4.39 Å².